The van der Waals surface area contributed by atoms with Gasteiger partial charge in [-0.05, 0) is 35.2 Å². The first kappa shape index (κ1) is 20.1. The Balaban J connectivity index is 1.73. The molecule has 30 heavy (non-hydrogen) atoms. The number of para-hydroxylation sites is 1. The van der Waals surface area contributed by atoms with E-state index in [0.717, 1.165) is 21.8 Å². The first-order valence-electron chi connectivity index (χ1n) is 9.78. The quantitative estimate of drug-likeness (QED) is 0.410. The van der Waals surface area contributed by atoms with Gasteiger partial charge in [-0.2, -0.15) is 5.10 Å². The fraction of sp³-hybridized carbons (Fsp3) is 0.167. The second kappa shape index (κ2) is 9.52. The molecule has 4 rings (SSSR count). The maximum atomic E-state index is 13.6. The Bertz CT molecular complexity index is 1080. The number of nitrogens with zero attached hydrogens (tertiary/aromatic N) is 3. The summed E-state index contributed by atoms with van der Waals surface area (Å²) in [6.07, 6.45) is 0. The molecule has 4 aromatic rings. The van der Waals surface area contributed by atoms with Crippen molar-refractivity contribution in [1.82, 2.24) is 14.7 Å². The number of amides is 1. The summed E-state index contributed by atoms with van der Waals surface area (Å²) in [4.78, 5) is 16.5. The predicted octanol–water partition coefficient (Wildman–Crippen LogP) is 4.89. The minimum absolute atomic E-state index is 0.0740. The number of ether oxygens (including phenoxy) is 1. The third-order valence-corrected chi connectivity index (χ3v) is 5.66. The van der Waals surface area contributed by atoms with Gasteiger partial charge in [0.2, 0.25) is 0 Å². The number of carbonyl (C=O) groups is 1. The number of thiophene rings is 1. The van der Waals surface area contributed by atoms with Crippen molar-refractivity contribution >= 4 is 17.2 Å². The summed E-state index contributed by atoms with van der Waals surface area (Å²) in [7, 11) is 1.65. The number of hydrogen-bond acceptors (Lipinski definition) is 4. The summed E-state index contributed by atoms with van der Waals surface area (Å²) in [6.45, 7) is 1.48. The van der Waals surface area contributed by atoms with Crippen LogP contribution in [0.5, 0.6) is 0 Å². The topological polar surface area (TPSA) is 47.4 Å². The highest BCUT2D eigenvalue weighted by Crippen LogP contribution is 2.26. The van der Waals surface area contributed by atoms with Crippen molar-refractivity contribution in [2.75, 3.05) is 20.3 Å². The molecular weight excluding hydrogens is 394 g/mol. The highest BCUT2D eigenvalue weighted by Gasteiger charge is 2.23. The lowest BCUT2D eigenvalue weighted by Crippen LogP contribution is -2.34. The summed E-state index contributed by atoms with van der Waals surface area (Å²) in [5.41, 5.74) is 3.27. The van der Waals surface area contributed by atoms with Crippen LogP contribution < -0.4 is 0 Å². The van der Waals surface area contributed by atoms with Gasteiger partial charge in [0.1, 0.15) is 11.4 Å². The van der Waals surface area contributed by atoms with Gasteiger partial charge in [0, 0.05) is 20.2 Å². The summed E-state index contributed by atoms with van der Waals surface area (Å²) < 4.78 is 7.00. The average Bonchev–Trinajstić information content (AvgIpc) is 3.47. The highest BCUT2D eigenvalue weighted by atomic mass is 32.1. The van der Waals surface area contributed by atoms with Crippen LogP contribution in [0.1, 0.15) is 16.1 Å². The maximum absolute atomic E-state index is 13.6. The molecule has 2 aromatic carbocycles. The minimum atomic E-state index is -0.0740. The Morgan fingerprint density at radius 2 is 1.77 bits per heavy atom. The molecule has 0 aliphatic rings. The van der Waals surface area contributed by atoms with Gasteiger partial charge in [-0.15, -0.1) is 11.3 Å². The van der Waals surface area contributed by atoms with Crippen molar-refractivity contribution in [3.63, 3.8) is 0 Å². The van der Waals surface area contributed by atoms with Crippen LogP contribution in [0.3, 0.4) is 0 Å². The molecule has 0 aliphatic heterocycles. The molecule has 0 aliphatic carbocycles. The number of carbonyl (C=O) groups excluding carboxylic acids is 1. The molecule has 2 aromatic heterocycles. The molecular formula is C24H23N3O2S. The molecule has 0 fully saturated rings. The van der Waals surface area contributed by atoms with E-state index in [4.69, 9.17) is 9.84 Å². The molecule has 0 bridgehead atoms. The summed E-state index contributed by atoms with van der Waals surface area (Å²) in [5, 5.41) is 6.77. The molecule has 0 atom stereocenters. The Hall–Kier alpha value is -3.22. The third kappa shape index (κ3) is 4.50. The second-order valence-electron chi connectivity index (χ2n) is 6.84. The van der Waals surface area contributed by atoms with Crippen molar-refractivity contribution in [3.8, 4) is 16.3 Å². The van der Waals surface area contributed by atoms with Gasteiger partial charge >= 0.3 is 0 Å². The SMILES string of the molecule is COCCN(Cc1ccccc1)C(=O)c1cc(-c2cccs2)nn1-c1ccccc1. The van der Waals surface area contributed by atoms with E-state index in [1.807, 2.05) is 89.1 Å². The van der Waals surface area contributed by atoms with Gasteiger partial charge in [0.25, 0.3) is 5.91 Å². The molecule has 0 saturated heterocycles. The lowest BCUT2D eigenvalue weighted by Gasteiger charge is -2.23. The standard InChI is InChI=1S/C24H23N3O2S/c1-29-15-14-26(18-19-9-4-2-5-10-19)24(28)22-17-21(23-13-8-16-30-23)25-27(22)20-11-6-3-7-12-20/h2-13,16-17H,14-15,18H2,1H3. The fourth-order valence-corrected chi connectivity index (χ4v) is 3.95. The van der Waals surface area contributed by atoms with Gasteiger partial charge in [-0.1, -0.05) is 54.6 Å². The number of methoxy groups -OCH3 is 1. The zero-order valence-corrected chi connectivity index (χ0v) is 17.6. The molecule has 0 spiro atoms. The average molecular weight is 418 g/mol. The number of rotatable bonds is 8. The van der Waals surface area contributed by atoms with Crippen LogP contribution in [0.15, 0.2) is 84.2 Å². The van der Waals surface area contributed by atoms with Gasteiger partial charge in [0.15, 0.2) is 0 Å². The van der Waals surface area contributed by atoms with E-state index in [1.165, 1.54) is 0 Å². The lowest BCUT2D eigenvalue weighted by atomic mass is 10.2. The van der Waals surface area contributed by atoms with E-state index >= 15 is 0 Å². The van der Waals surface area contributed by atoms with E-state index in [2.05, 4.69) is 0 Å². The third-order valence-electron chi connectivity index (χ3n) is 4.77. The monoisotopic (exact) mass is 417 g/mol. The normalized spacial score (nSPS) is 10.8. The smallest absolute Gasteiger partial charge is 0.272 e. The molecule has 0 N–H and O–H groups in total. The fourth-order valence-electron chi connectivity index (χ4n) is 3.26. The van der Waals surface area contributed by atoms with E-state index in [9.17, 15) is 4.79 Å². The molecule has 0 unspecified atom stereocenters. The molecule has 0 radical (unpaired) electrons. The van der Waals surface area contributed by atoms with Crippen molar-refractivity contribution < 1.29 is 9.53 Å². The molecule has 1 amide bonds. The van der Waals surface area contributed by atoms with Crippen LogP contribution in [-0.4, -0.2) is 40.8 Å². The van der Waals surface area contributed by atoms with Crippen LogP contribution in [0.25, 0.3) is 16.3 Å². The minimum Gasteiger partial charge on any atom is -0.383 e. The maximum Gasteiger partial charge on any atom is 0.272 e. The van der Waals surface area contributed by atoms with Gasteiger partial charge < -0.3 is 9.64 Å². The van der Waals surface area contributed by atoms with E-state index in [0.29, 0.717) is 25.4 Å². The van der Waals surface area contributed by atoms with E-state index in [1.54, 1.807) is 23.1 Å². The van der Waals surface area contributed by atoms with Gasteiger partial charge in [-0.25, -0.2) is 4.68 Å². The van der Waals surface area contributed by atoms with Crippen LogP contribution >= 0.6 is 11.3 Å². The first-order valence-corrected chi connectivity index (χ1v) is 10.7. The zero-order chi connectivity index (χ0) is 20.8. The van der Waals surface area contributed by atoms with Crippen LogP contribution in [0.2, 0.25) is 0 Å². The summed E-state index contributed by atoms with van der Waals surface area (Å²) in [5.74, 6) is -0.0740. The number of benzene rings is 2. The van der Waals surface area contributed by atoms with Crippen LogP contribution in [0.4, 0.5) is 0 Å². The predicted molar refractivity (Wildman–Crippen MR) is 120 cm³/mol. The molecule has 152 valence electrons. The Labute approximate surface area is 180 Å². The Morgan fingerprint density at radius 1 is 1.03 bits per heavy atom. The van der Waals surface area contributed by atoms with Gasteiger partial charge in [-0.3, -0.25) is 4.79 Å². The van der Waals surface area contributed by atoms with Gasteiger partial charge in [0.05, 0.1) is 17.2 Å². The zero-order valence-electron chi connectivity index (χ0n) is 16.8. The molecule has 2 heterocycles. The van der Waals surface area contributed by atoms with Crippen molar-refractivity contribution in [3.05, 3.63) is 95.5 Å². The van der Waals surface area contributed by atoms with Crippen LogP contribution in [-0.2, 0) is 11.3 Å². The first-order chi connectivity index (χ1) is 14.8. The Morgan fingerprint density at radius 3 is 2.43 bits per heavy atom. The van der Waals surface area contributed by atoms with E-state index in [-0.39, 0.29) is 5.91 Å². The lowest BCUT2D eigenvalue weighted by molar-refractivity contribution is 0.0671. The van der Waals surface area contributed by atoms with Crippen molar-refractivity contribution in [1.29, 1.82) is 0 Å². The number of aromatic nitrogens is 2. The summed E-state index contributed by atoms with van der Waals surface area (Å²) in [6, 6.07) is 25.6. The van der Waals surface area contributed by atoms with E-state index < -0.39 is 0 Å². The molecule has 6 heteroatoms. The molecule has 0 saturated carbocycles. The Kier molecular flexibility index (Phi) is 6.37. The van der Waals surface area contributed by atoms with Crippen molar-refractivity contribution in [2.45, 2.75) is 6.54 Å². The largest absolute Gasteiger partial charge is 0.383 e. The second-order valence-corrected chi connectivity index (χ2v) is 7.79. The highest BCUT2D eigenvalue weighted by molar-refractivity contribution is 7.13. The molecule has 5 nitrogen and oxygen atoms in total. The van der Waals surface area contributed by atoms with Crippen LogP contribution in [0, 0.1) is 0 Å². The summed E-state index contributed by atoms with van der Waals surface area (Å²) >= 11 is 1.61. The van der Waals surface area contributed by atoms with Crippen molar-refractivity contribution in [2.24, 2.45) is 0 Å². The number of hydrogen-bond donors (Lipinski definition) is 0.